The Kier molecular flexibility index (Phi) is 4.24. The average Bonchev–Trinajstić information content (AvgIpc) is 2.20. The SMILES string of the molecule is COCC(=O)NCc1ccc(C)c(F)c1. The van der Waals surface area contributed by atoms with E-state index in [0.717, 1.165) is 5.56 Å². The molecule has 0 aromatic heterocycles. The van der Waals surface area contributed by atoms with E-state index in [1.165, 1.54) is 13.2 Å². The Labute approximate surface area is 88.2 Å². The smallest absolute Gasteiger partial charge is 0.246 e. The predicted octanol–water partition coefficient (Wildman–Crippen LogP) is 1.40. The number of carbonyl (C=O) groups excluding carboxylic acids is 1. The van der Waals surface area contributed by atoms with E-state index in [9.17, 15) is 9.18 Å². The molecule has 0 aliphatic carbocycles. The summed E-state index contributed by atoms with van der Waals surface area (Å²) in [7, 11) is 1.45. The van der Waals surface area contributed by atoms with Gasteiger partial charge in [-0.2, -0.15) is 0 Å². The quantitative estimate of drug-likeness (QED) is 0.817. The number of ether oxygens (including phenoxy) is 1. The van der Waals surface area contributed by atoms with Gasteiger partial charge in [-0.05, 0) is 24.1 Å². The largest absolute Gasteiger partial charge is 0.375 e. The normalized spacial score (nSPS) is 10.1. The van der Waals surface area contributed by atoms with Crippen LogP contribution in [0.4, 0.5) is 4.39 Å². The Bertz CT molecular complexity index is 352. The van der Waals surface area contributed by atoms with Gasteiger partial charge in [0.05, 0.1) is 0 Å². The molecule has 1 amide bonds. The summed E-state index contributed by atoms with van der Waals surface area (Å²) in [6.45, 7) is 2.04. The Morgan fingerprint density at radius 2 is 2.27 bits per heavy atom. The number of hydrogen-bond acceptors (Lipinski definition) is 2. The zero-order valence-corrected chi connectivity index (χ0v) is 8.84. The fraction of sp³-hybridized carbons (Fsp3) is 0.364. The number of methoxy groups -OCH3 is 1. The molecule has 0 unspecified atom stereocenters. The highest BCUT2D eigenvalue weighted by Gasteiger charge is 2.02. The molecule has 1 aromatic rings. The first kappa shape index (κ1) is 11.7. The number of amides is 1. The molecule has 0 heterocycles. The highest BCUT2D eigenvalue weighted by atomic mass is 19.1. The minimum atomic E-state index is -0.256. The molecular weight excluding hydrogens is 197 g/mol. The molecule has 1 N–H and O–H groups in total. The first-order chi connectivity index (χ1) is 7.13. The van der Waals surface area contributed by atoms with Crippen molar-refractivity contribution in [3.63, 3.8) is 0 Å². The van der Waals surface area contributed by atoms with Crippen LogP contribution >= 0.6 is 0 Å². The maximum Gasteiger partial charge on any atom is 0.246 e. The molecule has 0 saturated heterocycles. The van der Waals surface area contributed by atoms with Crippen molar-refractivity contribution in [3.05, 3.63) is 35.1 Å². The highest BCUT2D eigenvalue weighted by Crippen LogP contribution is 2.08. The van der Waals surface area contributed by atoms with Gasteiger partial charge in [-0.3, -0.25) is 4.79 Å². The van der Waals surface area contributed by atoms with Crippen molar-refractivity contribution in [1.82, 2.24) is 5.32 Å². The summed E-state index contributed by atoms with van der Waals surface area (Å²) in [5, 5.41) is 2.62. The lowest BCUT2D eigenvalue weighted by Gasteiger charge is -2.05. The average molecular weight is 211 g/mol. The fourth-order valence-corrected chi connectivity index (χ4v) is 1.13. The number of carbonyl (C=O) groups is 1. The Morgan fingerprint density at radius 3 is 2.87 bits per heavy atom. The molecule has 0 radical (unpaired) electrons. The third-order valence-corrected chi connectivity index (χ3v) is 2.00. The molecule has 82 valence electrons. The van der Waals surface area contributed by atoms with Crippen molar-refractivity contribution in [3.8, 4) is 0 Å². The van der Waals surface area contributed by atoms with Crippen molar-refractivity contribution in [2.24, 2.45) is 0 Å². The standard InChI is InChI=1S/C11H14FNO2/c1-8-3-4-9(5-10(8)12)6-13-11(14)7-15-2/h3-5H,6-7H2,1-2H3,(H,13,14). The molecule has 0 aliphatic rings. The van der Waals surface area contributed by atoms with Gasteiger partial charge in [0.2, 0.25) is 5.91 Å². The summed E-state index contributed by atoms with van der Waals surface area (Å²) < 4.78 is 17.8. The Hall–Kier alpha value is -1.42. The maximum absolute atomic E-state index is 13.1. The van der Waals surface area contributed by atoms with E-state index in [1.54, 1.807) is 19.1 Å². The second-order valence-corrected chi connectivity index (χ2v) is 3.29. The third-order valence-electron chi connectivity index (χ3n) is 2.00. The lowest BCUT2D eigenvalue weighted by atomic mass is 10.1. The van der Waals surface area contributed by atoms with Crippen LogP contribution in [0.1, 0.15) is 11.1 Å². The predicted molar refractivity (Wildman–Crippen MR) is 54.9 cm³/mol. The Morgan fingerprint density at radius 1 is 1.53 bits per heavy atom. The molecule has 15 heavy (non-hydrogen) atoms. The summed E-state index contributed by atoms with van der Waals surface area (Å²) in [5.41, 5.74) is 1.34. The van der Waals surface area contributed by atoms with E-state index < -0.39 is 0 Å². The molecule has 0 fully saturated rings. The summed E-state index contributed by atoms with van der Waals surface area (Å²) in [4.78, 5) is 11.0. The van der Waals surface area contributed by atoms with Crippen molar-refractivity contribution >= 4 is 5.91 Å². The minimum absolute atomic E-state index is 0.0222. The van der Waals surface area contributed by atoms with Crippen LogP contribution in [0.3, 0.4) is 0 Å². The molecular formula is C11H14FNO2. The van der Waals surface area contributed by atoms with Crippen molar-refractivity contribution in [2.75, 3.05) is 13.7 Å². The van der Waals surface area contributed by atoms with Crippen LogP contribution in [-0.2, 0) is 16.1 Å². The minimum Gasteiger partial charge on any atom is -0.375 e. The maximum atomic E-state index is 13.1. The van der Waals surface area contributed by atoms with Gasteiger partial charge in [-0.1, -0.05) is 12.1 Å². The lowest BCUT2D eigenvalue weighted by molar-refractivity contribution is -0.124. The first-order valence-electron chi connectivity index (χ1n) is 4.64. The van der Waals surface area contributed by atoms with E-state index in [1.807, 2.05) is 0 Å². The fourth-order valence-electron chi connectivity index (χ4n) is 1.13. The molecule has 0 aliphatic heterocycles. The van der Waals surface area contributed by atoms with Gasteiger partial charge in [-0.15, -0.1) is 0 Å². The zero-order valence-electron chi connectivity index (χ0n) is 8.84. The lowest BCUT2D eigenvalue weighted by Crippen LogP contribution is -2.26. The number of hydrogen-bond donors (Lipinski definition) is 1. The van der Waals surface area contributed by atoms with Gasteiger partial charge < -0.3 is 10.1 Å². The molecule has 0 atom stereocenters. The second-order valence-electron chi connectivity index (χ2n) is 3.29. The number of benzene rings is 1. The monoisotopic (exact) mass is 211 g/mol. The van der Waals surface area contributed by atoms with E-state index in [4.69, 9.17) is 0 Å². The van der Waals surface area contributed by atoms with E-state index in [-0.39, 0.29) is 18.3 Å². The van der Waals surface area contributed by atoms with Crippen molar-refractivity contribution in [1.29, 1.82) is 0 Å². The third kappa shape index (κ3) is 3.67. The number of aryl methyl sites for hydroxylation is 1. The molecule has 1 aromatic carbocycles. The molecule has 4 heteroatoms. The molecule has 1 rings (SSSR count). The highest BCUT2D eigenvalue weighted by molar-refractivity contribution is 5.77. The van der Waals surface area contributed by atoms with E-state index in [2.05, 4.69) is 10.1 Å². The summed E-state index contributed by atoms with van der Waals surface area (Å²) >= 11 is 0. The second kappa shape index (κ2) is 5.46. The van der Waals surface area contributed by atoms with Gasteiger partial charge in [-0.25, -0.2) is 4.39 Å². The van der Waals surface area contributed by atoms with E-state index in [0.29, 0.717) is 12.1 Å². The number of halogens is 1. The summed E-state index contributed by atoms with van der Waals surface area (Å²) in [5.74, 6) is -0.466. The first-order valence-corrected chi connectivity index (χ1v) is 4.64. The van der Waals surface area contributed by atoms with Crippen LogP contribution in [0.5, 0.6) is 0 Å². The number of rotatable bonds is 4. The number of nitrogens with one attached hydrogen (secondary N) is 1. The van der Waals surface area contributed by atoms with Crippen molar-refractivity contribution < 1.29 is 13.9 Å². The molecule has 0 bridgehead atoms. The van der Waals surface area contributed by atoms with Gasteiger partial charge >= 0.3 is 0 Å². The van der Waals surface area contributed by atoms with Crippen LogP contribution in [0.2, 0.25) is 0 Å². The molecule has 0 spiro atoms. The summed E-state index contributed by atoms with van der Waals surface area (Å²) in [6, 6.07) is 4.89. The topological polar surface area (TPSA) is 38.3 Å². The van der Waals surface area contributed by atoms with Gasteiger partial charge in [0.1, 0.15) is 12.4 Å². The van der Waals surface area contributed by atoms with Gasteiger partial charge in [0, 0.05) is 13.7 Å². The van der Waals surface area contributed by atoms with E-state index >= 15 is 0 Å². The van der Waals surface area contributed by atoms with Crippen LogP contribution in [-0.4, -0.2) is 19.6 Å². The molecule has 3 nitrogen and oxygen atoms in total. The zero-order chi connectivity index (χ0) is 11.3. The Balaban J connectivity index is 2.51. The summed E-state index contributed by atoms with van der Waals surface area (Å²) in [6.07, 6.45) is 0. The molecule has 0 saturated carbocycles. The van der Waals surface area contributed by atoms with Crippen molar-refractivity contribution in [2.45, 2.75) is 13.5 Å². The van der Waals surface area contributed by atoms with Crippen LogP contribution < -0.4 is 5.32 Å². The van der Waals surface area contributed by atoms with Gasteiger partial charge in [0.25, 0.3) is 0 Å². The van der Waals surface area contributed by atoms with Crippen LogP contribution in [0.15, 0.2) is 18.2 Å². The van der Waals surface area contributed by atoms with Crippen LogP contribution in [0.25, 0.3) is 0 Å². The van der Waals surface area contributed by atoms with Gasteiger partial charge in [0.15, 0.2) is 0 Å². The van der Waals surface area contributed by atoms with Crippen LogP contribution in [0, 0.1) is 12.7 Å².